The summed E-state index contributed by atoms with van der Waals surface area (Å²) in [6, 6.07) is 6.03. The molecule has 118 valence electrons. The normalized spacial score (nSPS) is 16.3. The molecule has 1 fully saturated rings. The maximum Gasteiger partial charge on any atom is 0.360 e. The lowest BCUT2D eigenvalue weighted by atomic mass is 10.1. The summed E-state index contributed by atoms with van der Waals surface area (Å²) in [6.45, 7) is 5.68. The van der Waals surface area contributed by atoms with Crippen LogP contribution in [0.2, 0.25) is 0 Å². The molecule has 0 N–H and O–H groups in total. The Labute approximate surface area is 130 Å². The van der Waals surface area contributed by atoms with Gasteiger partial charge in [0.15, 0.2) is 0 Å². The second-order valence-corrected chi connectivity index (χ2v) is 6.23. The van der Waals surface area contributed by atoms with E-state index in [-0.39, 0.29) is 5.63 Å². The fraction of sp³-hybridized carbons (Fsp3) is 0.471. The van der Waals surface area contributed by atoms with E-state index in [0.29, 0.717) is 5.58 Å². The predicted molar refractivity (Wildman–Crippen MR) is 91.3 cm³/mol. The molecule has 0 bridgehead atoms. The van der Waals surface area contributed by atoms with Crippen molar-refractivity contribution in [1.29, 1.82) is 0 Å². The first-order valence-electron chi connectivity index (χ1n) is 7.65. The average molecular weight is 301 g/mol. The van der Waals surface area contributed by atoms with E-state index in [1.165, 1.54) is 0 Å². The summed E-state index contributed by atoms with van der Waals surface area (Å²) in [5, 5.41) is 1.01. The van der Waals surface area contributed by atoms with E-state index < -0.39 is 0 Å². The number of benzene rings is 1. The van der Waals surface area contributed by atoms with Gasteiger partial charge in [-0.15, -0.1) is 0 Å². The molecule has 0 radical (unpaired) electrons. The smallest absolute Gasteiger partial charge is 0.360 e. The van der Waals surface area contributed by atoms with E-state index in [9.17, 15) is 4.79 Å². The number of hydrogen-bond donors (Lipinski definition) is 0. The molecule has 1 aliphatic heterocycles. The van der Waals surface area contributed by atoms with Crippen molar-refractivity contribution in [1.82, 2.24) is 4.90 Å². The lowest BCUT2D eigenvalue weighted by Gasteiger charge is -2.34. The van der Waals surface area contributed by atoms with Gasteiger partial charge in [0, 0.05) is 57.4 Å². The fourth-order valence-electron chi connectivity index (χ4n) is 3.01. The number of hydrogen-bond acceptors (Lipinski definition) is 5. The van der Waals surface area contributed by atoms with E-state index in [1.54, 1.807) is 0 Å². The van der Waals surface area contributed by atoms with Crippen LogP contribution in [-0.2, 0) is 0 Å². The standard InChI is InChI=1S/C17H23N3O2/c1-12-14-6-5-13(18(2)3)11-15(14)22-17(21)16(12)20-9-7-19(4)8-10-20/h5-6,11H,7-10H2,1-4H3. The molecule has 22 heavy (non-hydrogen) atoms. The maximum atomic E-state index is 12.5. The Morgan fingerprint density at radius 2 is 1.82 bits per heavy atom. The quantitative estimate of drug-likeness (QED) is 0.793. The van der Waals surface area contributed by atoms with Gasteiger partial charge in [-0.25, -0.2) is 4.79 Å². The number of nitrogens with zero attached hydrogens (tertiary/aromatic N) is 3. The largest absolute Gasteiger partial charge is 0.421 e. The molecule has 0 atom stereocenters. The third-order valence-corrected chi connectivity index (χ3v) is 4.46. The molecule has 0 amide bonds. The summed E-state index contributed by atoms with van der Waals surface area (Å²) in [4.78, 5) is 18.9. The summed E-state index contributed by atoms with van der Waals surface area (Å²) in [5.74, 6) is 0. The molecule has 1 saturated heterocycles. The first kappa shape index (κ1) is 14.9. The van der Waals surface area contributed by atoms with Crippen LogP contribution in [0, 0.1) is 6.92 Å². The molecular formula is C17H23N3O2. The zero-order valence-corrected chi connectivity index (χ0v) is 13.7. The summed E-state index contributed by atoms with van der Waals surface area (Å²) in [6.07, 6.45) is 0. The highest BCUT2D eigenvalue weighted by atomic mass is 16.4. The van der Waals surface area contributed by atoms with Gasteiger partial charge in [-0.1, -0.05) is 0 Å². The van der Waals surface area contributed by atoms with Gasteiger partial charge in [-0.2, -0.15) is 0 Å². The minimum Gasteiger partial charge on any atom is -0.421 e. The van der Waals surface area contributed by atoms with Crippen LogP contribution in [0.4, 0.5) is 11.4 Å². The van der Waals surface area contributed by atoms with Gasteiger partial charge in [-0.05, 0) is 31.7 Å². The molecule has 2 aromatic rings. The van der Waals surface area contributed by atoms with Crippen LogP contribution in [0.25, 0.3) is 11.0 Å². The van der Waals surface area contributed by atoms with Gasteiger partial charge in [0.2, 0.25) is 0 Å². The predicted octanol–water partition coefficient (Wildman–Crippen LogP) is 1.92. The van der Waals surface area contributed by atoms with Crippen molar-refractivity contribution in [3.63, 3.8) is 0 Å². The molecule has 3 rings (SSSR count). The molecule has 0 unspecified atom stereocenters. The van der Waals surface area contributed by atoms with E-state index >= 15 is 0 Å². The van der Waals surface area contributed by atoms with Crippen molar-refractivity contribution in [2.24, 2.45) is 0 Å². The number of aryl methyl sites for hydroxylation is 1. The Bertz CT molecular complexity index is 743. The molecule has 0 aliphatic carbocycles. The van der Waals surface area contributed by atoms with Crippen LogP contribution in [0.5, 0.6) is 0 Å². The molecule has 1 aromatic heterocycles. The van der Waals surface area contributed by atoms with E-state index in [1.807, 2.05) is 38.1 Å². The lowest BCUT2D eigenvalue weighted by Crippen LogP contribution is -2.46. The Balaban J connectivity index is 2.09. The van der Waals surface area contributed by atoms with Gasteiger partial charge in [0.05, 0.1) is 0 Å². The highest BCUT2D eigenvalue weighted by Gasteiger charge is 2.21. The maximum absolute atomic E-state index is 12.5. The van der Waals surface area contributed by atoms with E-state index in [2.05, 4.69) is 22.9 Å². The van der Waals surface area contributed by atoms with Crippen LogP contribution in [-0.4, -0.2) is 52.2 Å². The van der Waals surface area contributed by atoms with E-state index in [0.717, 1.165) is 48.5 Å². The van der Waals surface area contributed by atoms with Gasteiger partial charge in [0.25, 0.3) is 0 Å². The van der Waals surface area contributed by atoms with Crippen molar-refractivity contribution in [3.8, 4) is 0 Å². The monoisotopic (exact) mass is 301 g/mol. The first-order valence-corrected chi connectivity index (χ1v) is 7.65. The van der Waals surface area contributed by atoms with Crippen LogP contribution in [0.1, 0.15) is 5.56 Å². The lowest BCUT2D eigenvalue weighted by molar-refractivity contribution is 0.311. The number of rotatable bonds is 2. The Morgan fingerprint density at radius 3 is 2.45 bits per heavy atom. The van der Waals surface area contributed by atoms with Gasteiger partial charge >= 0.3 is 5.63 Å². The van der Waals surface area contributed by atoms with Gasteiger partial charge < -0.3 is 19.1 Å². The topological polar surface area (TPSA) is 39.9 Å². The second-order valence-electron chi connectivity index (χ2n) is 6.23. The van der Waals surface area contributed by atoms with Gasteiger partial charge in [-0.3, -0.25) is 0 Å². The summed E-state index contributed by atoms with van der Waals surface area (Å²) in [5.41, 5.74) is 3.19. The van der Waals surface area contributed by atoms with Crippen molar-refractivity contribution in [2.45, 2.75) is 6.92 Å². The Hall–Kier alpha value is -2.01. The fourth-order valence-corrected chi connectivity index (χ4v) is 3.01. The minimum absolute atomic E-state index is 0.231. The SMILES string of the molecule is Cc1c(N2CCN(C)CC2)c(=O)oc2cc(N(C)C)ccc12. The van der Waals surface area contributed by atoms with Crippen molar-refractivity contribution in [2.75, 3.05) is 57.1 Å². The number of fused-ring (bicyclic) bond motifs is 1. The highest BCUT2D eigenvalue weighted by Crippen LogP contribution is 2.28. The van der Waals surface area contributed by atoms with Crippen molar-refractivity contribution >= 4 is 22.3 Å². The van der Waals surface area contributed by atoms with Crippen molar-refractivity contribution in [3.05, 3.63) is 34.2 Å². The third kappa shape index (κ3) is 2.57. The molecule has 1 aliphatic rings. The van der Waals surface area contributed by atoms with Crippen LogP contribution >= 0.6 is 0 Å². The van der Waals surface area contributed by atoms with Crippen molar-refractivity contribution < 1.29 is 4.42 Å². The first-order chi connectivity index (χ1) is 10.5. The zero-order valence-electron chi connectivity index (χ0n) is 13.7. The highest BCUT2D eigenvalue weighted by molar-refractivity contribution is 5.87. The number of anilines is 2. The Morgan fingerprint density at radius 1 is 1.14 bits per heavy atom. The van der Waals surface area contributed by atoms with Crippen LogP contribution < -0.4 is 15.4 Å². The van der Waals surface area contributed by atoms with Crippen LogP contribution in [0.15, 0.2) is 27.4 Å². The summed E-state index contributed by atoms with van der Waals surface area (Å²) < 4.78 is 5.61. The molecule has 5 heteroatoms. The molecular weight excluding hydrogens is 278 g/mol. The average Bonchev–Trinajstić information content (AvgIpc) is 2.48. The third-order valence-electron chi connectivity index (χ3n) is 4.46. The van der Waals surface area contributed by atoms with Crippen LogP contribution in [0.3, 0.4) is 0 Å². The summed E-state index contributed by atoms with van der Waals surface area (Å²) >= 11 is 0. The molecule has 0 spiro atoms. The number of piperazine rings is 1. The minimum atomic E-state index is -0.231. The summed E-state index contributed by atoms with van der Waals surface area (Å²) in [7, 11) is 6.06. The zero-order chi connectivity index (χ0) is 15.9. The second kappa shape index (κ2) is 5.65. The Kier molecular flexibility index (Phi) is 3.83. The van der Waals surface area contributed by atoms with E-state index in [4.69, 9.17) is 4.42 Å². The van der Waals surface area contributed by atoms with Gasteiger partial charge in [0.1, 0.15) is 11.3 Å². The molecule has 2 heterocycles. The number of likely N-dealkylation sites (N-methyl/N-ethyl adjacent to an activating group) is 1. The molecule has 5 nitrogen and oxygen atoms in total. The molecule has 0 saturated carbocycles. The molecule has 1 aromatic carbocycles.